The molecule has 0 aliphatic heterocycles. The van der Waals surface area contributed by atoms with Crippen molar-refractivity contribution in [1.29, 1.82) is 0 Å². The van der Waals surface area contributed by atoms with Gasteiger partial charge in [-0.3, -0.25) is 0 Å². The lowest BCUT2D eigenvalue weighted by Crippen LogP contribution is -2.49. The first-order valence-electron chi connectivity index (χ1n) is 10.6. The van der Waals surface area contributed by atoms with E-state index >= 15 is 0 Å². The van der Waals surface area contributed by atoms with Crippen LogP contribution in [0.5, 0.6) is 0 Å². The summed E-state index contributed by atoms with van der Waals surface area (Å²) in [6.07, 6.45) is 4.34. The lowest BCUT2D eigenvalue weighted by atomic mass is 9.55. The molecule has 0 heterocycles. The number of carbonyl (C=O) groups excluding carboxylic acids is 1. The average Bonchev–Trinajstić information content (AvgIpc) is 3.18. The second-order valence-corrected chi connectivity index (χ2v) is 10.3. The Morgan fingerprint density at radius 3 is 2.11 bits per heavy atom. The molecule has 3 aliphatic rings. The summed E-state index contributed by atoms with van der Waals surface area (Å²) in [6.45, 7) is 7.16. The maximum Gasteiger partial charge on any atom is 0.0492 e. The molecule has 4 unspecified atom stereocenters. The summed E-state index contributed by atoms with van der Waals surface area (Å²) in [7, 11) is 0. The molecule has 0 N–H and O–H groups in total. The van der Waals surface area contributed by atoms with Crippen LogP contribution in [0.2, 0.25) is 0 Å². The largest absolute Gasteiger partial charge is 0.549 e. The van der Waals surface area contributed by atoms with Crippen LogP contribution in [0, 0.1) is 28.1 Å². The highest BCUT2D eigenvalue weighted by Gasteiger charge is 2.74. The summed E-state index contributed by atoms with van der Waals surface area (Å²) >= 11 is 0. The number of hydrogen-bond acceptors (Lipinski definition) is 2. The van der Waals surface area contributed by atoms with Crippen molar-refractivity contribution in [3.8, 4) is 0 Å². The number of aliphatic carboxylic acids is 1. The van der Waals surface area contributed by atoms with Gasteiger partial charge in [0.05, 0.1) is 0 Å². The van der Waals surface area contributed by atoms with Crippen LogP contribution >= 0.6 is 0 Å². The molecule has 2 fully saturated rings. The monoisotopic (exact) mass is 373 g/mol. The van der Waals surface area contributed by atoms with Gasteiger partial charge in [0.2, 0.25) is 0 Å². The molecule has 2 heteroatoms. The maximum atomic E-state index is 12.6. The Morgan fingerprint density at radius 1 is 0.964 bits per heavy atom. The molecule has 2 aromatic carbocycles. The van der Waals surface area contributed by atoms with Gasteiger partial charge in [-0.2, -0.15) is 0 Å². The van der Waals surface area contributed by atoms with Crippen LogP contribution < -0.4 is 5.11 Å². The molecule has 3 aliphatic carbocycles. The number of hydrogen-bond donors (Lipinski definition) is 0. The summed E-state index contributed by atoms with van der Waals surface area (Å²) in [4.78, 5) is 12.6. The molecule has 2 aromatic rings. The van der Waals surface area contributed by atoms with E-state index in [4.69, 9.17) is 0 Å². The fourth-order valence-corrected chi connectivity index (χ4v) is 7.90. The molecular formula is C26H29O2-. The zero-order chi connectivity index (χ0) is 19.7. The van der Waals surface area contributed by atoms with E-state index in [2.05, 4.69) is 45.0 Å². The van der Waals surface area contributed by atoms with Crippen molar-refractivity contribution in [2.45, 2.75) is 52.4 Å². The van der Waals surface area contributed by atoms with E-state index in [1.165, 1.54) is 17.5 Å². The molecule has 5 rings (SSSR count). The van der Waals surface area contributed by atoms with E-state index in [0.29, 0.717) is 5.92 Å². The van der Waals surface area contributed by atoms with Gasteiger partial charge in [0.25, 0.3) is 0 Å². The van der Waals surface area contributed by atoms with Crippen LogP contribution in [0.1, 0.15) is 56.2 Å². The van der Waals surface area contributed by atoms with E-state index in [0.717, 1.165) is 24.8 Å². The number of carboxylic acids is 1. The van der Waals surface area contributed by atoms with Gasteiger partial charge in [-0.15, -0.1) is 0 Å². The minimum atomic E-state index is -0.906. The van der Waals surface area contributed by atoms with Gasteiger partial charge in [0, 0.05) is 11.9 Å². The molecule has 2 bridgehead atoms. The fraction of sp³-hybridized carbons (Fsp3) is 0.500. The Morgan fingerprint density at radius 2 is 1.54 bits per heavy atom. The van der Waals surface area contributed by atoms with Crippen LogP contribution in [0.15, 0.2) is 54.6 Å². The smallest absolute Gasteiger partial charge is 0.0492 e. The predicted molar refractivity (Wildman–Crippen MR) is 109 cm³/mol. The van der Waals surface area contributed by atoms with Crippen LogP contribution in [0.3, 0.4) is 0 Å². The second kappa shape index (κ2) is 5.72. The molecule has 4 atom stereocenters. The Bertz CT molecular complexity index is 903. The molecule has 0 radical (unpaired) electrons. The van der Waals surface area contributed by atoms with Gasteiger partial charge in [0.1, 0.15) is 0 Å². The maximum absolute atomic E-state index is 12.6. The van der Waals surface area contributed by atoms with E-state index in [-0.39, 0.29) is 22.2 Å². The molecule has 0 aromatic heterocycles. The Labute approximate surface area is 168 Å². The Balaban J connectivity index is 1.71. The van der Waals surface area contributed by atoms with Crippen molar-refractivity contribution >= 4 is 5.97 Å². The number of rotatable bonds is 3. The van der Waals surface area contributed by atoms with Crippen molar-refractivity contribution in [1.82, 2.24) is 0 Å². The van der Waals surface area contributed by atoms with Gasteiger partial charge in [-0.05, 0) is 70.5 Å². The molecule has 0 amide bonds. The van der Waals surface area contributed by atoms with Gasteiger partial charge < -0.3 is 9.90 Å². The summed E-state index contributed by atoms with van der Waals surface area (Å²) < 4.78 is 0. The third-order valence-electron chi connectivity index (χ3n) is 9.20. The molecule has 1 spiro atoms. The highest BCUT2D eigenvalue weighted by Crippen LogP contribution is 2.79. The highest BCUT2D eigenvalue weighted by molar-refractivity contribution is 5.75. The van der Waals surface area contributed by atoms with Gasteiger partial charge in [-0.1, -0.05) is 75.4 Å². The number of benzene rings is 2. The third-order valence-corrected chi connectivity index (χ3v) is 9.20. The zero-order valence-corrected chi connectivity index (χ0v) is 17.1. The fourth-order valence-electron chi connectivity index (χ4n) is 7.90. The van der Waals surface area contributed by atoms with E-state index in [9.17, 15) is 9.90 Å². The van der Waals surface area contributed by atoms with Gasteiger partial charge >= 0.3 is 0 Å². The first-order valence-corrected chi connectivity index (χ1v) is 10.6. The second-order valence-electron chi connectivity index (χ2n) is 10.3. The van der Waals surface area contributed by atoms with E-state index in [1.807, 2.05) is 30.3 Å². The van der Waals surface area contributed by atoms with Crippen LogP contribution in [-0.2, 0) is 17.6 Å². The standard InChI is InChI=1S/C26H30O2/c1-24(2)20-13-14-25(24,3)22(21(23(27)28)17-9-5-4-6-10-17)26(20)15-18-11-7-8-12-19(18)16-26/h4-12,20-22H,13-16H2,1-3H3,(H,27,28)/p-1. The number of carboxylic acid groups (broad SMARTS) is 1. The van der Waals surface area contributed by atoms with Crippen molar-refractivity contribution in [3.63, 3.8) is 0 Å². The first kappa shape index (κ1) is 18.0. The van der Waals surface area contributed by atoms with Crippen molar-refractivity contribution < 1.29 is 9.90 Å². The number of carbonyl (C=O) groups is 1. The molecule has 28 heavy (non-hydrogen) atoms. The van der Waals surface area contributed by atoms with Gasteiger partial charge in [-0.25, -0.2) is 0 Å². The van der Waals surface area contributed by atoms with Gasteiger partial charge in [0.15, 0.2) is 0 Å². The van der Waals surface area contributed by atoms with Crippen molar-refractivity contribution in [2.75, 3.05) is 0 Å². The van der Waals surface area contributed by atoms with E-state index < -0.39 is 11.9 Å². The van der Waals surface area contributed by atoms with Crippen LogP contribution in [0.4, 0.5) is 0 Å². The van der Waals surface area contributed by atoms with Crippen LogP contribution in [0.25, 0.3) is 0 Å². The zero-order valence-electron chi connectivity index (χ0n) is 17.1. The first-order chi connectivity index (χ1) is 13.3. The SMILES string of the molecule is CC1(C)C2CCC1(C)C(C(C(=O)[O-])c1ccccc1)C21Cc2ccccc2C1. The average molecular weight is 374 g/mol. The lowest BCUT2D eigenvalue weighted by Gasteiger charge is -2.50. The summed E-state index contributed by atoms with van der Waals surface area (Å²) in [5, 5.41) is 12.6. The molecular weight excluding hydrogens is 344 g/mol. The predicted octanol–water partition coefficient (Wildman–Crippen LogP) is 4.38. The summed E-state index contributed by atoms with van der Waals surface area (Å²) in [5.74, 6) is -0.817. The van der Waals surface area contributed by atoms with Crippen molar-refractivity contribution in [3.05, 3.63) is 71.3 Å². The minimum absolute atomic E-state index is 0.000285. The Hall–Kier alpha value is -2.09. The lowest BCUT2D eigenvalue weighted by molar-refractivity contribution is -0.311. The highest BCUT2D eigenvalue weighted by atomic mass is 16.4. The molecule has 0 saturated heterocycles. The van der Waals surface area contributed by atoms with Crippen LogP contribution in [-0.4, -0.2) is 5.97 Å². The topological polar surface area (TPSA) is 40.1 Å². The molecule has 2 saturated carbocycles. The molecule has 146 valence electrons. The van der Waals surface area contributed by atoms with E-state index in [1.54, 1.807) is 0 Å². The Kier molecular flexibility index (Phi) is 3.67. The molecule has 2 nitrogen and oxygen atoms in total. The minimum Gasteiger partial charge on any atom is -0.549 e. The van der Waals surface area contributed by atoms with Crippen molar-refractivity contribution in [2.24, 2.45) is 28.1 Å². The normalized spacial score (nSPS) is 32.4. The number of fused-ring (bicyclic) bond motifs is 4. The summed E-state index contributed by atoms with van der Waals surface area (Å²) in [5.41, 5.74) is 3.89. The third kappa shape index (κ3) is 2.07. The summed E-state index contributed by atoms with van der Waals surface area (Å²) in [6, 6.07) is 18.6. The quantitative estimate of drug-likeness (QED) is 0.801.